The van der Waals surface area contributed by atoms with Crippen LogP contribution in [0.5, 0.6) is 0 Å². The van der Waals surface area contributed by atoms with E-state index in [9.17, 15) is 13.2 Å². The Labute approximate surface area is 121 Å². The van der Waals surface area contributed by atoms with Gasteiger partial charge in [-0.3, -0.25) is 0 Å². The fraction of sp³-hybridized carbons (Fsp3) is 0.533. The Bertz CT molecular complexity index is 610. The first-order chi connectivity index (χ1) is 10.0. The molecule has 1 aromatic carbocycles. The van der Waals surface area contributed by atoms with Crippen molar-refractivity contribution in [3.8, 4) is 0 Å². The van der Waals surface area contributed by atoms with Crippen LogP contribution >= 0.6 is 0 Å². The SMILES string of the molecule is FC(F)(F)Cn1c(C2CCCCCN2)nc2ccccc21. The predicted molar refractivity (Wildman–Crippen MR) is 75.0 cm³/mol. The Kier molecular flexibility index (Phi) is 3.89. The van der Waals surface area contributed by atoms with Gasteiger partial charge in [0.1, 0.15) is 12.4 Å². The molecular weight excluding hydrogens is 279 g/mol. The molecule has 1 saturated heterocycles. The maximum absolute atomic E-state index is 12.9. The molecule has 6 heteroatoms. The van der Waals surface area contributed by atoms with E-state index in [0.717, 1.165) is 32.2 Å². The van der Waals surface area contributed by atoms with Crippen LogP contribution in [0.1, 0.15) is 37.5 Å². The number of imidazole rings is 1. The summed E-state index contributed by atoms with van der Waals surface area (Å²) in [6.07, 6.45) is -0.212. The number of benzene rings is 1. The Morgan fingerprint density at radius 1 is 1.19 bits per heavy atom. The smallest absolute Gasteiger partial charge is 0.317 e. The van der Waals surface area contributed by atoms with Crippen molar-refractivity contribution in [2.24, 2.45) is 0 Å². The lowest BCUT2D eigenvalue weighted by Gasteiger charge is -2.18. The van der Waals surface area contributed by atoms with E-state index in [1.807, 2.05) is 0 Å². The third kappa shape index (κ3) is 3.20. The van der Waals surface area contributed by atoms with Crippen molar-refractivity contribution < 1.29 is 13.2 Å². The van der Waals surface area contributed by atoms with Crippen LogP contribution < -0.4 is 5.32 Å². The standard InChI is InChI=1S/C15H18F3N3/c16-15(17,18)10-21-13-8-4-3-6-11(13)20-14(21)12-7-2-1-5-9-19-12/h3-4,6,8,12,19H,1-2,5,7,9-10H2. The second kappa shape index (κ2) is 5.67. The molecule has 1 unspecified atom stereocenters. The van der Waals surface area contributed by atoms with E-state index in [0.29, 0.717) is 16.9 Å². The van der Waals surface area contributed by atoms with Gasteiger partial charge in [0.05, 0.1) is 17.1 Å². The van der Waals surface area contributed by atoms with Gasteiger partial charge in [0.15, 0.2) is 0 Å². The molecule has 0 aliphatic carbocycles. The van der Waals surface area contributed by atoms with Gasteiger partial charge in [0, 0.05) is 0 Å². The lowest BCUT2D eigenvalue weighted by molar-refractivity contribution is -0.140. The first kappa shape index (κ1) is 14.4. The Hall–Kier alpha value is -1.56. The molecule has 3 rings (SSSR count). The van der Waals surface area contributed by atoms with Crippen LogP contribution in [0.15, 0.2) is 24.3 Å². The Balaban J connectivity index is 2.05. The Morgan fingerprint density at radius 3 is 2.81 bits per heavy atom. The number of hydrogen-bond acceptors (Lipinski definition) is 2. The maximum Gasteiger partial charge on any atom is 0.406 e. The highest BCUT2D eigenvalue weighted by Crippen LogP contribution is 2.29. The molecule has 1 aromatic heterocycles. The van der Waals surface area contributed by atoms with Crippen molar-refractivity contribution >= 4 is 11.0 Å². The normalized spacial score (nSPS) is 20.6. The van der Waals surface area contributed by atoms with Gasteiger partial charge in [-0.1, -0.05) is 25.0 Å². The highest BCUT2D eigenvalue weighted by Gasteiger charge is 2.32. The van der Waals surface area contributed by atoms with E-state index in [2.05, 4.69) is 10.3 Å². The Morgan fingerprint density at radius 2 is 2.00 bits per heavy atom. The monoisotopic (exact) mass is 297 g/mol. The predicted octanol–water partition coefficient (Wildman–Crippen LogP) is 3.80. The molecule has 3 nitrogen and oxygen atoms in total. The number of para-hydroxylation sites is 2. The van der Waals surface area contributed by atoms with Gasteiger partial charge in [-0.05, 0) is 31.5 Å². The van der Waals surface area contributed by atoms with Gasteiger partial charge in [0.2, 0.25) is 0 Å². The minimum absolute atomic E-state index is 0.0951. The third-order valence-electron chi connectivity index (χ3n) is 3.89. The zero-order valence-corrected chi connectivity index (χ0v) is 11.7. The minimum atomic E-state index is -4.25. The molecule has 1 aliphatic heterocycles. The molecule has 0 radical (unpaired) electrons. The summed E-state index contributed by atoms with van der Waals surface area (Å²) >= 11 is 0. The second-order valence-corrected chi connectivity index (χ2v) is 5.52. The molecule has 2 aromatic rings. The van der Waals surface area contributed by atoms with Gasteiger partial charge in [0.25, 0.3) is 0 Å². The van der Waals surface area contributed by atoms with E-state index >= 15 is 0 Å². The lowest BCUT2D eigenvalue weighted by atomic mass is 10.1. The van der Waals surface area contributed by atoms with E-state index < -0.39 is 12.7 Å². The average molecular weight is 297 g/mol. The number of rotatable bonds is 2. The van der Waals surface area contributed by atoms with E-state index in [1.54, 1.807) is 24.3 Å². The van der Waals surface area contributed by atoms with Crippen molar-refractivity contribution in [3.63, 3.8) is 0 Å². The number of nitrogens with one attached hydrogen (secondary N) is 1. The van der Waals surface area contributed by atoms with Crippen LogP contribution in [0.3, 0.4) is 0 Å². The van der Waals surface area contributed by atoms with Crippen LogP contribution in [-0.2, 0) is 6.54 Å². The number of nitrogens with zero attached hydrogens (tertiary/aromatic N) is 2. The summed E-state index contributed by atoms with van der Waals surface area (Å²) in [6, 6.07) is 6.93. The molecule has 2 heterocycles. The summed E-state index contributed by atoms with van der Waals surface area (Å²) in [5.41, 5.74) is 1.18. The van der Waals surface area contributed by atoms with E-state index in [-0.39, 0.29) is 6.04 Å². The minimum Gasteiger partial charge on any atom is -0.317 e. The number of halogens is 3. The van der Waals surface area contributed by atoms with Crippen LogP contribution in [0.4, 0.5) is 13.2 Å². The molecule has 1 N–H and O–H groups in total. The summed E-state index contributed by atoms with van der Waals surface area (Å²) in [5.74, 6) is 0.510. The summed E-state index contributed by atoms with van der Waals surface area (Å²) in [6.45, 7) is -0.152. The average Bonchev–Trinajstić information content (AvgIpc) is 2.63. The molecular formula is C15H18F3N3. The summed E-state index contributed by atoms with van der Waals surface area (Å²) in [4.78, 5) is 4.46. The van der Waals surface area contributed by atoms with Gasteiger partial charge < -0.3 is 9.88 Å². The number of alkyl halides is 3. The molecule has 114 valence electrons. The zero-order chi connectivity index (χ0) is 14.9. The molecule has 1 atom stereocenters. The van der Waals surface area contributed by atoms with Crippen LogP contribution in [0, 0.1) is 0 Å². The van der Waals surface area contributed by atoms with Crippen molar-refractivity contribution in [3.05, 3.63) is 30.1 Å². The van der Waals surface area contributed by atoms with Crippen molar-refractivity contribution in [2.45, 2.75) is 44.4 Å². The number of aromatic nitrogens is 2. The van der Waals surface area contributed by atoms with E-state index in [1.165, 1.54) is 4.57 Å². The highest BCUT2D eigenvalue weighted by atomic mass is 19.4. The highest BCUT2D eigenvalue weighted by molar-refractivity contribution is 5.76. The summed E-state index contributed by atoms with van der Waals surface area (Å²) in [5, 5.41) is 3.33. The largest absolute Gasteiger partial charge is 0.406 e. The fourth-order valence-corrected chi connectivity index (χ4v) is 2.95. The first-order valence-electron chi connectivity index (χ1n) is 7.30. The maximum atomic E-state index is 12.9. The van der Waals surface area contributed by atoms with Crippen molar-refractivity contribution in [2.75, 3.05) is 6.54 Å². The second-order valence-electron chi connectivity index (χ2n) is 5.52. The number of fused-ring (bicyclic) bond motifs is 1. The van der Waals surface area contributed by atoms with Gasteiger partial charge >= 0.3 is 6.18 Å². The summed E-state index contributed by atoms with van der Waals surface area (Å²) in [7, 11) is 0. The summed E-state index contributed by atoms with van der Waals surface area (Å²) < 4.78 is 40.0. The van der Waals surface area contributed by atoms with Gasteiger partial charge in [-0.15, -0.1) is 0 Å². The van der Waals surface area contributed by atoms with Gasteiger partial charge in [-0.2, -0.15) is 13.2 Å². The molecule has 0 bridgehead atoms. The molecule has 1 fully saturated rings. The topological polar surface area (TPSA) is 29.9 Å². The van der Waals surface area contributed by atoms with Crippen LogP contribution in [0.25, 0.3) is 11.0 Å². The molecule has 0 amide bonds. The van der Waals surface area contributed by atoms with Crippen LogP contribution in [-0.4, -0.2) is 22.3 Å². The third-order valence-corrected chi connectivity index (χ3v) is 3.89. The van der Waals surface area contributed by atoms with E-state index in [4.69, 9.17) is 0 Å². The quantitative estimate of drug-likeness (QED) is 0.913. The lowest BCUT2D eigenvalue weighted by Crippen LogP contribution is -2.27. The molecule has 0 spiro atoms. The van der Waals surface area contributed by atoms with Gasteiger partial charge in [-0.25, -0.2) is 4.98 Å². The molecule has 0 saturated carbocycles. The molecule has 21 heavy (non-hydrogen) atoms. The number of hydrogen-bond donors (Lipinski definition) is 1. The fourth-order valence-electron chi connectivity index (χ4n) is 2.95. The van der Waals surface area contributed by atoms with Crippen molar-refractivity contribution in [1.82, 2.24) is 14.9 Å². The van der Waals surface area contributed by atoms with Crippen molar-refractivity contribution in [1.29, 1.82) is 0 Å². The van der Waals surface area contributed by atoms with Crippen LogP contribution in [0.2, 0.25) is 0 Å². The zero-order valence-electron chi connectivity index (χ0n) is 11.7. The molecule has 1 aliphatic rings. The first-order valence-corrected chi connectivity index (χ1v) is 7.30.